The largest absolute Gasteiger partial charge is 0.481 e. The van der Waals surface area contributed by atoms with Gasteiger partial charge in [0.25, 0.3) is 5.91 Å². The van der Waals surface area contributed by atoms with Crippen molar-refractivity contribution in [2.75, 3.05) is 6.54 Å². The number of nitrogens with zero attached hydrogens (tertiary/aromatic N) is 1. The predicted molar refractivity (Wildman–Crippen MR) is 89.0 cm³/mol. The molecule has 1 fully saturated rings. The first-order valence-corrected chi connectivity index (χ1v) is 8.21. The molecular weight excluding hydrogens is 276 g/mol. The Labute approximate surface area is 133 Å². The lowest BCUT2D eigenvalue weighted by Crippen LogP contribution is -2.51. The van der Waals surface area contributed by atoms with Gasteiger partial charge in [0.05, 0.1) is 0 Å². The Bertz CT molecular complexity index is 516. The molecule has 1 aliphatic heterocycles. The minimum Gasteiger partial charge on any atom is -0.481 e. The Balaban J connectivity index is 2.01. The highest BCUT2D eigenvalue weighted by molar-refractivity contribution is 5.81. The van der Waals surface area contributed by atoms with Gasteiger partial charge in [-0.1, -0.05) is 26.0 Å². The van der Waals surface area contributed by atoms with Gasteiger partial charge in [0.15, 0.2) is 6.10 Å². The van der Waals surface area contributed by atoms with Gasteiger partial charge in [-0.25, -0.2) is 0 Å². The summed E-state index contributed by atoms with van der Waals surface area (Å²) in [4.78, 5) is 14.5. The zero-order valence-electron chi connectivity index (χ0n) is 14.1. The van der Waals surface area contributed by atoms with Crippen molar-refractivity contribution in [3.8, 4) is 5.75 Å². The monoisotopic (exact) mass is 304 g/mol. The fraction of sp³-hybridized carbons (Fsp3) is 0.611. The Morgan fingerprint density at radius 1 is 1.36 bits per heavy atom. The van der Waals surface area contributed by atoms with Crippen molar-refractivity contribution >= 4 is 5.91 Å². The minimum atomic E-state index is -0.473. The van der Waals surface area contributed by atoms with Crippen molar-refractivity contribution in [2.24, 2.45) is 5.73 Å². The van der Waals surface area contributed by atoms with E-state index < -0.39 is 6.10 Å². The van der Waals surface area contributed by atoms with Crippen molar-refractivity contribution in [2.45, 2.75) is 64.6 Å². The predicted octanol–water partition coefficient (Wildman–Crippen LogP) is 2.92. The number of hydrogen-bond acceptors (Lipinski definition) is 3. The second-order valence-corrected chi connectivity index (χ2v) is 6.65. The van der Waals surface area contributed by atoms with Crippen molar-refractivity contribution in [3.63, 3.8) is 0 Å². The van der Waals surface area contributed by atoms with E-state index in [-0.39, 0.29) is 18.0 Å². The number of rotatable bonds is 4. The van der Waals surface area contributed by atoms with Crippen LogP contribution in [0.15, 0.2) is 24.3 Å². The van der Waals surface area contributed by atoms with E-state index in [1.54, 1.807) is 0 Å². The lowest BCUT2D eigenvalue weighted by molar-refractivity contribution is -0.141. The van der Waals surface area contributed by atoms with Crippen molar-refractivity contribution in [1.82, 2.24) is 4.90 Å². The summed E-state index contributed by atoms with van der Waals surface area (Å²) in [5.41, 5.74) is 7.18. The summed E-state index contributed by atoms with van der Waals surface area (Å²) in [6, 6.07) is 8.37. The van der Waals surface area contributed by atoms with Crippen LogP contribution in [0.4, 0.5) is 0 Å². The molecule has 0 unspecified atom stereocenters. The number of carbonyl (C=O) groups is 1. The zero-order valence-corrected chi connectivity index (χ0v) is 14.1. The van der Waals surface area contributed by atoms with E-state index in [0.717, 1.165) is 25.1 Å². The third-order valence-corrected chi connectivity index (χ3v) is 4.39. The fourth-order valence-electron chi connectivity index (χ4n) is 2.97. The van der Waals surface area contributed by atoms with E-state index in [2.05, 4.69) is 26.8 Å². The minimum absolute atomic E-state index is 0.0503. The summed E-state index contributed by atoms with van der Waals surface area (Å²) in [6.07, 6.45) is 1.26. The third kappa shape index (κ3) is 4.01. The van der Waals surface area contributed by atoms with Crippen LogP contribution in [0.3, 0.4) is 0 Å². The van der Waals surface area contributed by atoms with Gasteiger partial charge in [0.1, 0.15) is 5.75 Å². The van der Waals surface area contributed by atoms with Crippen molar-refractivity contribution < 1.29 is 9.53 Å². The van der Waals surface area contributed by atoms with Gasteiger partial charge in [-0.05, 0) is 50.3 Å². The Hall–Kier alpha value is -1.55. The number of piperidine rings is 1. The van der Waals surface area contributed by atoms with Crippen LogP contribution in [0.2, 0.25) is 0 Å². The van der Waals surface area contributed by atoms with Crippen LogP contribution in [-0.2, 0) is 4.79 Å². The molecule has 0 aromatic heterocycles. The van der Waals surface area contributed by atoms with Crippen LogP contribution in [0.5, 0.6) is 5.75 Å². The van der Waals surface area contributed by atoms with Crippen LogP contribution in [0, 0.1) is 0 Å². The number of nitrogens with two attached hydrogens (primary N) is 1. The van der Waals surface area contributed by atoms with E-state index in [4.69, 9.17) is 10.5 Å². The molecule has 1 aliphatic rings. The van der Waals surface area contributed by atoms with Crippen LogP contribution in [0.25, 0.3) is 0 Å². The topological polar surface area (TPSA) is 55.6 Å². The number of benzene rings is 1. The molecule has 1 aromatic carbocycles. The highest BCUT2D eigenvalue weighted by Gasteiger charge is 2.30. The number of amides is 1. The van der Waals surface area contributed by atoms with Gasteiger partial charge in [-0.3, -0.25) is 4.79 Å². The molecule has 3 atom stereocenters. The number of ether oxygens (including phenoxy) is 1. The third-order valence-electron chi connectivity index (χ3n) is 4.39. The normalized spacial score (nSPS) is 23.5. The summed E-state index contributed by atoms with van der Waals surface area (Å²) in [7, 11) is 0. The summed E-state index contributed by atoms with van der Waals surface area (Å²) < 4.78 is 5.87. The van der Waals surface area contributed by atoms with E-state index in [9.17, 15) is 4.79 Å². The van der Waals surface area contributed by atoms with Gasteiger partial charge in [-0.2, -0.15) is 0 Å². The molecule has 4 nitrogen and oxygen atoms in total. The molecule has 22 heavy (non-hydrogen) atoms. The SMILES string of the molecule is CC(C)c1cccc(O[C@@H](C)C(=O)N2CC[C@@H](N)C[C@H]2C)c1. The van der Waals surface area contributed by atoms with Crippen molar-refractivity contribution in [3.05, 3.63) is 29.8 Å². The molecule has 1 saturated heterocycles. The average Bonchev–Trinajstić information content (AvgIpc) is 2.46. The first-order valence-electron chi connectivity index (χ1n) is 8.21. The molecule has 4 heteroatoms. The molecule has 0 saturated carbocycles. The number of hydrogen-bond donors (Lipinski definition) is 1. The van der Waals surface area contributed by atoms with E-state index in [0.29, 0.717) is 5.92 Å². The van der Waals surface area contributed by atoms with Crippen LogP contribution in [0.1, 0.15) is 52.0 Å². The van der Waals surface area contributed by atoms with Crippen LogP contribution < -0.4 is 10.5 Å². The standard InChI is InChI=1S/C18H28N2O2/c1-12(2)15-6-5-7-17(11-15)22-14(4)18(21)20-9-8-16(19)10-13(20)3/h5-7,11-14,16H,8-10,19H2,1-4H3/t13-,14+,16-/m1/s1. The van der Waals surface area contributed by atoms with Gasteiger partial charge in [0, 0.05) is 18.6 Å². The lowest BCUT2D eigenvalue weighted by atomic mass is 9.98. The first kappa shape index (κ1) is 16.8. The average molecular weight is 304 g/mol. The van der Waals surface area contributed by atoms with E-state index in [1.807, 2.05) is 30.0 Å². The van der Waals surface area contributed by atoms with Gasteiger partial charge >= 0.3 is 0 Å². The highest BCUT2D eigenvalue weighted by Crippen LogP contribution is 2.22. The maximum Gasteiger partial charge on any atom is 0.263 e. The summed E-state index contributed by atoms with van der Waals surface area (Å²) in [5, 5.41) is 0. The lowest BCUT2D eigenvalue weighted by Gasteiger charge is -2.37. The molecule has 0 bridgehead atoms. The van der Waals surface area contributed by atoms with E-state index >= 15 is 0 Å². The maximum atomic E-state index is 12.6. The molecule has 0 radical (unpaired) electrons. The molecule has 0 spiro atoms. The van der Waals surface area contributed by atoms with Crippen molar-refractivity contribution in [1.29, 1.82) is 0 Å². The Morgan fingerprint density at radius 2 is 2.09 bits per heavy atom. The van der Waals surface area contributed by atoms with E-state index in [1.165, 1.54) is 5.56 Å². The summed E-state index contributed by atoms with van der Waals surface area (Å²) in [6.45, 7) is 8.90. The van der Waals surface area contributed by atoms with Crippen LogP contribution >= 0.6 is 0 Å². The number of carbonyl (C=O) groups excluding carboxylic acids is 1. The summed E-state index contributed by atoms with van der Waals surface area (Å²) in [5.74, 6) is 1.25. The molecule has 122 valence electrons. The number of likely N-dealkylation sites (tertiary alicyclic amines) is 1. The molecule has 0 aliphatic carbocycles. The van der Waals surface area contributed by atoms with Gasteiger partial charge in [-0.15, -0.1) is 0 Å². The Morgan fingerprint density at radius 3 is 2.73 bits per heavy atom. The maximum absolute atomic E-state index is 12.6. The Kier molecular flexibility index (Phi) is 5.46. The second-order valence-electron chi connectivity index (χ2n) is 6.65. The molecule has 1 amide bonds. The first-order chi connectivity index (χ1) is 10.4. The second kappa shape index (κ2) is 7.14. The smallest absolute Gasteiger partial charge is 0.263 e. The summed E-state index contributed by atoms with van der Waals surface area (Å²) >= 11 is 0. The highest BCUT2D eigenvalue weighted by atomic mass is 16.5. The molecule has 1 aromatic rings. The quantitative estimate of drug-likeness (QED) is 0.930. The van der Waals surface area contributed by atoms with Gasteiger partial charge < -0.3 is 15.4 Å². The van der Waals surface area contributed by atoms with Gasteiger partial charge in [0.2, 0.25) is 0 Å². The molecule has 2 rings (SSSR count). The molecule has 1 heterocycles. The zero-order chi connectivity index (χ0) is 16.3. The molecule has 2 N–H and O–H groups in total. The molecular formula is C18H28N2O2. The fourth-order valence-corrected chi connectivity index (χ4v) is 2.97. The van der Waals surface area contributed by atoms with Crippen LogP contribution in [-0.4, -0.2) is 35.5 Å².